The highest BCUT2D eigenvalue weighted by molar-refractivity contribution is 9.10. The SMILES string of the molecule is C=CCn1c(O)c(N=O)c2c(Br)cccc21. The van der Waals surface area contributed by atoms with Crippen molar-refractivity contribution in [1.82, 2.24) is 4.57 Å². The number of fused-ring (bicyclic) bond motifs is 1. The lowest BCUT2D eigenvalue weighted by Crippen LogP contribution is -1.92. The summed E-state index contributed by atoms with van der Waals surface area (Å²) in [6.07, 6.45) is 1.65. The van der Waals surface area contributed by atoms with Crippen molar-refractivity contribution in [1.29, 1.82) is 0 Å². The summed E-state index contributed by atoms with van der Waals surface area (Å²) in [5, 5.41) is 13.4. The van der Waals surface area contributed by atoms with Gasteiger partial charge >= 0.3 is 0 Å². The molecular formula is C11H9BrN2O2. The summed E-state index contributed by atoms with van der Waals surface area (Å²) in [4.78, 5) is 10.7. The van der Waals surface area contributed by atoms with Gasteiger partial charge in [0.15, 0.2) is 5.69 Å². The maximum absolute atomic E-state index is 10.7. The number of aromatic hydroxyl groups is 1. The molecule has 0 radical (unpaired) electrons. The van der Waals surface area contributed by atoms with Gasteiger partial charge in [-0.3, -0.25) is 0 Å². The first kappa shape index (κ1) is 10.9. The van der Waals surface area contributed by atoms with E-state index in [0.717, 1.165) is 9.99 Å². The quantitative estimate of drug-likeness (QED) is 0.689. The molecule has 0 fully saturated rings. The summed E-state index contributed by atoms with van der Waals surface area (Å²) in [7, 11) is 0. The van der Waals surface area contributed by atoms with Gasteiger partial charge in [0, 0.05) is 16.4 Å². The van der Waals surface area contributed by atoms with Crippen LogP contribution < -0.4 is 0 Å². The predicted octanol–water partition coefficient (Wildman–Crippen LogP) is 3.69. The average molecular weight is 281 g/mol. The van der Waals surface area contributed by atoms with Crippen LogP contribution >= 0.6 is 15.9 Å². The van der Waals surface area contributed by atoms with Crippen LogP contribution in [0.3, 0.4) is 0 Å². The molecule has 4 nitrogen and oxygen atoms in total. The molecule has 0 aliphatic rings. The summed E-state index contributed by atoms with van der Waals surface area (Å²) >= 11 is 3.34. The molecule has 1 aromatic carbocycles. The van der Waals surface area contributed by atoms with Gasteiger partial charge in [-0.2, -0.15) is 0 Å². The smallest absolute Gasteiger partial charge is 0.222 e. The van der Waals surface area contributed by atoms with Crippen molar-refractivity contribution in [3.63, 3.8) is 0 Å². The Hall–Kier alpha value is -1.62. The van der Waals surface area contributed by atoms with E-state index in [4.69, 9.17) is 0 Å². The van der Waals surface area contributed by atoms with Crippen LogP contribution in [0.25, 0.3) is 10.9 Å². The second-order valence-corrected chi connectivity index (χ2v) is 4.15. The van der Waals surface area contributed by atoms with Crippen molar-refractivity contribution < 1.29 is 5.11 Å². The topological polar surface area (TPSA) is 54.6 Å². The zero-order valence-corrected chi connectivity index (χ0v) is 9.94. The van der Waals surface area contributed by atoms with Crippen molar-refractivity contribution >= 4 is 32.5 Å². The van der Waals surface area contributed by atoms with Crippen LogP contribution in [0.15, 0.2) is 40.5 Å². The number of hydrogen-bond donors (Lipinski definition) is 1. The van der Waals surface area contributed by atoms with Crippen molar-refractivity contribution in [2.24, 2.45) is 5.18 Å². The zero-order valence-electron chi connectivity index (χ0n) is 8.35. The molecule has 0 aliphatic heterocycles. The second-order valence-electron chi connectivity index (χ2n) is 3.30. The highest BCUT2D eigenvalue weighted by Gasteiger charge is 2.18. The average Bonchev–Trinajstić information content (AvgIpc) is 2.54. The molecule has 0 saturated heterocycles. The first-order valence-electron chi connectivity index (χ1n) is 4.64. The van der Waals surface area contributed by atoms with Gasteiger partial charge in [-0.05, 0) is 17.3 Å². The highest BCUT2D eigenvalue weighted by Crippen LogP contribution is 2.41. The Morgan fingerprint density at radius 2 is 2.31 bits per heavy atom. The lowest BCUT2D eigenvalue weighted by atomic mass is 10.2. The molecule has 0 amide bonds. The molecule has 5 heteroatoms. The normalized spacial score (nSPS) is 10.6. The van der Waals surface area contributed by atoms with E-state index in [2.05, 4.69) is 27.7 Å². The van der Waals surface area contributed by atoms with Crippen molar-refractivity contribution in [3.8, 4) is 5.88 Å². The number of halogens is 1. The fraction of sp³-hybridized carbons (Fsp3) is 0.0909. The Balaban J connectivity index is 2.91. The van der Waals surface area contributed by atoms with Gasteiger partial charge in [0.05, 0.1) is 5.52 Å². The van der Waals surface area contributed by atoms with Gasteiger partial charge in [0.25, 0.3) is 0 Å². The third-order valence-electron chi connectivity index (χ3n) is 2.39. The Kier molecular flexibility index (Phi) is 2.78. The molecular weight excluding hydrogens is 272 g/mol. The van der Waals surface area contributed by atoms with Crippen LogP contribution in [0, 0.1) is 4.91 Å². The van der Waals surface area contributed by atoms with Crippen LogP contribution in [0.5, 0.6) is 5.88 Å². The molecule has 2 aromatic rings. The molecule has 1 aromatic heterocycles. The number of nitrogens with zero attached hydrogens (tertiary/aromatic N) is 2. The number of hydrogen-bond acceptors (Lipinski definition) is 3. The van der Waals surface area contributed by atoms with Crippen LogP contribution in [0.4, 0.5) is 5.69 Å². The highest BCUT2D eigenvalue weighted by atomic mass is 79.9. The molecule has 2 rings (SSSR count). The molecule has 0 saturated carbocycles. The summed E-state index contributed by atoms with van der Waals surface area (Å²) in [5.74, 6) is -0.128. The van der Waals surface area contributed by atoms with Gasteiger partial charge in [-0.25, -0.2) is 0 Å². The third-order valence-corrected chi connectivity index (χ3v) is 3.05. The molecule has 82 valence electrons. The summed E-state index contributed by atoms with van der Waals surface area (Å²) < 4.78 is 2.32. The first-order valence-corrected chi connectivity index (χ1v) is 5.44. The zero-order chi connectivity index (χ0) is 11.7. The minimum Gasteiger partial charge on any atom is -0.493 e. The Labute approximate surface area is 100 Å². The summed E-state index contributed by atoms with van der Waals surface area (Å²) in [6, 6.07) is 5.45. The van der Waals surface area contributed by atoms with E-state index >= 15 is 0 Å². The maximum atomic E-state index is 10.7. The fourth-order valence-corrected chi connectivity index (χ4v) is 2.27. The van der Waals surface area contributed by atoms with Crippen LogP contribution in [0.2, 0.25) is 0 Å². The van der Waals surface area contributed by atoms with Crippen LogP contribution in [-0.4, -0.2) is 9.67 Å². The number of allylic oxidation sites excluding steroid dienone is 1. The van der Waals surface area contributed by atoms with E-state index in [1.807, 2.05) is 12.1 Å². The standard InChI is InChI=1S/C11H9BrN2O2/c1-2-6-14-8-5-3-4-7(12)9(8)10(13-16)11(14)15/h2-5,15H,1,6H2. The third kappa shape index (κ3) is 1.44. The Bertz CT molecular complexity index is 575. The fourth-order valence-electron chi connectivity index (χ4n) is 1.73. The minimum absolute atomic E-state index is 0.0596. The lowest BCUT2D eigenvalue weighted by molar-refractivity contribution is 0.431. The van der Waals surface area contributed by atoms with E-state index in [1.54, 1.807) is 16.7 Å². The molecule has 16 heavy (non-hydrogen) atoms. The van der Waals surface area contributed by atoms with E-state index < -0.39 is 0 Å². The molecule has 1 N–H and O–H groups in total. The maximum Gasteiger partial charge on any atom is 0.222 e. The van der Waals surface area contributed by atoms with E-state index in [-0.39, 0.29) is 11.6 Å². The van der Waals surface area contributed by atoms with E-state index in [9.17, 15) is 10.0 Å². The van der Waals surface area contributed by atoms with Crippen LogP contribution in [-0.2, 0) is 6.54 Å². The first-order chi connectivity index (χ1) is 7.70. The predicted molar refractivity (Wildman–Crippen MR) is 67.0 cm³/mol. The van der Waals surface area contributed by atoms with Gasteiger partial charge in [0.2, 0.25) is 5.88 Å². The van der Waals surface area contributed by atoms with Crippen molar-refractivity contribution in [2.45, 2.75) is 6.54 Å². The van der Waals surface area contributed by atoms with Crippen molar-refractivity contribution in [3.05, 3.63) is 40.2 Å². The molecule has 0 aliphatic carbocycles. The lowest BCUT2D eigenvalue weighted by Gasteiger charge is -2.02. The van der Waals surface area contributed by atoms with Gasteiger partial charge in [0.1, 0.15) is 0 Å². The van der Waals surface area contributed by atoms with Gasteiger partial charge in [-0.15, -0.1) is 11.5 Å². The number of nitroso groups, excluding NO2 is 1. The molecule has 0 atom stereocenters. The second kappa shape index (κ2) is 4.09. The largest absolute Gasteiger partial charge is 0.493 e. The van der Waals surface area contributed by atoms with Gasteiger partial charge < -0.3 is 9.67 Å². The van der Waals surface area contributed by atoms with Crippen LogP contribution in [0.1, 0.15) is 0 Å². The van der Waals surface area contributed by atoms with E-state index in [0.29, 0.717) is 11.9 Å². The number of rotatable bonds is 3. The Morgan fingerprint density at radius 1 is 1.56 bits per heavy atom. The Morgan fingerprint density at radius 3 is 2.94 bits per heavy atom. The number of aromatic nitrogens is 1. The van der Waals surface area contributed by atoms with Gasteiger partial charge in [-0.1, -0.05) is 28.1 Å². The molecule has 0 spiro atoms. The molecule has 0 unspecified atom stereocenters. The van der Waals surface area contributed by atoms with Crippen molar-refractivity contribution in [2.75, 3.05) is 0 Å². The molecule has 0 bridgehead atoms. The molecule has 1 heterocycles. The summed E-state index contributed by atoms with van der Waals surface area (Å²) in [6.45, 7) is 4.03. The summed E-state index contributed by atoms with van der Waals surface area (Å²) in [5.41, 5.74) is 0.811. The minimum atomic E-state index is -0.128. The monoisotopic (exact) mass is 280 g/mol. The number of benzene rings is 1. The van der Waals surface area contributed by atoms with E-state index in [1.165, 1.54) is 0 Å².